The fourth-order valence-corrected chi connectivity index (χ4v) is 1.30. The first-order valence-corrected chi connectivity index (χ1v) is 5.17. The van der Waals surface area contributed by atoms with Crippen LogP contribution in [0.25, 0.3) is 0 Å². The van der Waals surface area contributed by atoms with Crippen LogP contribution in [-0.4, -0.2) is 34.6 Å². The van der Waals surface area contributed by atoms with Crippen LogP contribution < -0.4 is 0 Å². The Labute approximate surface area is 95.0 Å². The Morgan fingerprint density at radius 3 is 2.62 bits per heavy atom. The maximum absolute atomic E-state index is 11.0. The van der Waals surface area contributed by atoms with Gasteiger partial charge in [0.1, 0.15) is 5.69 Å². The highest BCUT2D eigenvalue weighted by atomic mass is 16.5. The van der Waals surface area contributed by atoms with E-state index in [9.17, 15) is 4.79 Å². The van der Waals surface area contributed by atoms with Crippen LogP contribution in [0.2, 0.25) is 0 Å². The summed E-state index contributed by atoms with van der Waals surface area (Å²) in [7, 11) is 1.58. The van der Waals surface area contributed by atoms with Crippen molar-refractivity contribution in [3.05, 3.63) is 17.5 Å². The molecule has 0 unspecified atom stereocenters. The highest BCUT2D eigenvalue weighted by Gasteiger charge is 2.22. The quantitative estimate of drug-likeness (QED) is 0.845. The molecule has 1 N–H and O–H groups in total. The molecule has 5 nitrogen and oxygen atoms in total. The normalized spacial score (nSPS) is 11.8. The SMILES string of the molecule is COCCn1nc(C(C)(C)C)cc1C(=O)O. The molecule has 16 heavy (non-hydrogen) atoms. The first-order valence-electron chi connectivity index (χ1n) is 5.17. The van der Waals surface area contributed by atoms with Crippen molar-refractivity contribution in [1.82, 2.24) is 9.78 Å². The molecular weight excluding hydrogens is 208 g/mol. The van der Waals surface area contributed by atoms with Crippen LogP contribution in [0.5, 0.6) is 0 Å². The molecule has 5 heteroatoms. The van der Waals surface area contributed by atoms with Crippen molar-refractivity contribution >= 4 is 5.97 Å². The van der Waals surface area contributed by atoms with Gasteiger partial charge in [-0.25, -0.2) is 4.79 Å². The van der Waals surface area contributed by atoms with Crippen molar-refractivity contribution in [2.24, 2.45) is 0 Å². The Morgan fingerprint density at radius 2 is 2.19 bits per heavy atom. The topological polar surface area (TPSA) is 64.4 Å². The maximum atomic E-state index is 11.0. The van der Waals surface area contributed by atoms with Gasteiger partial charge in [-0.2, -0.15) is 5.10 Å². The van der Waals surface area contributed by atoms with E-state index in [4.69, 9.17) is 9.84 Å². The summed E-state index contributed by atoms with van der Waals surface area (Å²) in [6, 6.07) is 1.62. The minimum atomic E-state index is -0.959. The van der Waals surface area contributed by atoms with Crippen LogP contribution in [0.15, 0.2) is 6.07 Å². The number of methoxy groups -OCH3 is 1. The Balaban J connectivity index is 3.05. The number of hydrogen-bond donors (Lipinski definition) is 1. The number of rotatable bonds is 4. The van der Waals surface area contributed by atoms with E-state index in [0.29, 0.717) is 13.2 Å². The van der Waals surface area contributed by atoms with Crippen molar-refractivity contribution in [1.29, 1.82) is 0 Å². The first-order chi connectivity index (χ1) is 7.36. The Hall–Kier alpha value is -1.36. The zero-order valence-corrected chi connectivity index (χ0v) is 10.1. The molecule has 1 rings (SSSR count). The lowest BCUT2D eigenvalue weighted by Gasteiger charge is -2.14. The molecule has 0 aliphatic carbocycles. The van der Waals surface area contributed by atoms with Gasteiger partial charge in [-0.15, -0.1) is 0 Å². The van der Waals surface area contributed by atoms with Crippen molar-refractivity contribution < 1.29 is 14.6 Å². The summed E-state index contributed by atoms with van der Waals surface area (Å²) in [5, 5.41) is 13.3. The molecule has 0 amide bonds. The molecule has 0 bridgehead atoms. The number of carboxylic acid groups (broad SMARTS) is 1. The van der Waals surface area contributed by atoms with E-state index in [-0.39, 0.29) is 11.1 Å². The van der Waals surface area contributed by atoms with Crippen LogP contribution in [0, 0.1) is 0 Å². The second kappa shape index (κ2) is 4.65. The average Bonchev–Trinajstić information content (AvgIpc) is 2.57. The lowest BCUT2D eigenvalue weighted by Crippen LogP contribution is -2.15. The van der Waals surface area contributed by atoms with Gasteiger partial charge in [-0.05, 0) is 6.07 Å². The fraction of sp³-hybridized carbons (Fsp3) is 0.636. The third kappa shape index (κ3) is 2.82. The minimum absolute atomic E-state index is 0.150. The number of hydrogen-bond acceptors (Lipinski definition) is 3. The summed E-state index contributed by atoms with van der Waals surface area (Å²) in [6.07, 6.45) is 0. The van der Waals surface area contributed by atoms with Gasteiger partial charge in [0, 0.05) is 12.5 Å². The Morgan fingerprint density at radius 1 is 1.56 bits per heavy atom. The van der Waals surface area contributed by atoms with Crippen LogP contribution in [0.4, 0.5) is 0 Å². The number of aromatic carboxylic acids is 1. The Bertz CT molecular complexity index is 377. The average molecular weight is 226 g/mol. The van der Waals surface area contributed by atoms with E-state index in [1.165, 1.54) is 4.68 Å². The number of aromatic nitrogens is 2. The first kappa shape index (κ1) is 12.7. The lowest BCUT2D eigenvalue weighted by molar-refractivity contribution is 0.0680. The second-order valence-electron chi connectivity index (χ2n) is 4.69. The molecule has 0 spiro atoms. The number of carboxylic acids is 1. The van der Waals surface area contributed by atoms with E-state index in [2.05, 4.69) is 5.10 Å². The highest BCUT2D eigenvalue weighted by molar-refractivity contribution is 5.85. The molecule has 0 aliphatic heterocycles. The van der Waals surface area contributed by atoms with Gasteiger partial charge in [0.2, 0.25) is 0 Å². The Kier molecular flexibility index (Phi) is 3.70. The number of nitrogens with zero attached hydrogens (tertiary/aromatic N) is 2. The molecule has 0 radical (unpaired) electrons. The van der Waals surface area contributed by atoms with E-state index in [0.717, 1.165) is 5.69 Å². The standard InChI is InChI=1S/C11H18N2O3/c1-11(2,3)9-7-8(10(14)15)13(12-9)5-6-16-4/h7H,5-6H2,1-4H3,(H,14,15). The van der Waals surface area contributed by atoms with Gasteiger partial charge >= 0.3 is 5.97 Å². The largest absolute Gasteiger partial charge is 0.477 e. The summed E-state index contributed by atoms with van der Waals surface area (Å²) in [5.74, 6) is -0.959. The van der Waals surface area contributed by atoms with E-state index in [1.807, 2.05) is 20.8 Å². The van der Waals surface area contributed by atoms with Gasteiger partial charge in [-0.1, -0.05) is 20.8 Å². The molecule has 0 aliphatic rings. The molecule has 0 saturated carbocycles. The van der Waals surface area contributed by atoms with Crippen molar-refractivity contribution in [2.75, 3.05) is 13.7 Å². The van der Waals surface area contributed by atoms with E-state index >= 15 is 0 Å². The van der Waals surface area contributed by atoms with Crippen molar-refractivity contribution in [3.8, 4) is 0 Å². The summed E-state index contributed by atoms with van der Waals surface area (Å²) < 4.78 is 6.40. The minimum Gasteiger partial charge on any atom is -0.477 e. The zero-order valence-electron chi connectivity index (χ0n) is 10.1. The molecule has 1 aromatic rings. The number of ether oxygens (including phenoxy) is 1. The number of carbonyl (C=O) groups is 1. The molecule has 0 aromatic carbocycles. The molecular formula is C11H18N2O3. The summed E-state index contributed by atoms with van der Waals surface area (Å²) in [5.41, 5.74) is 0.839. The summed E-state index contributed by atoms with van der Waals surface area (Å²) in [4.78, 5) is 11.0. The third-order valence-electron chi connectivity index (χ3n) is 2.27. The van der Waals surface area contributed by atoms with Gasteiger partial charge < -0.3 is 9.84 Å². The molecule has 90 valence electrons. The van der Waals surface area contributed by atoms with Crippen LogP contribution in [-0.2, 0) is 16.7 Å². The third-order valence-corrected chi connectivity index (χ3v) is 2.27. The van der Waals surface area contributed by atoms with Gasteiger partial charge in [0.05, 0.1) is 18.8 Å². The monoisotopic (exact) mass is 226 g/mol. The van der Waals surface area contributed by atoms with Gasteiger partial charge in [-0.3, -0.25) is 4.68 Å². The maximum Gasteiger partial charge on any atom is 0.354 e. The predicted octanol–water partition coefficient (Wildman–Crippen LogP) is 1.53. The molecule has 0 fully saturated rings. The highest BCUT2D eigenvalue weighted by Crippen LogP contribution is 2.21. The van der Waals surface area contributed by atoms with Gasteiger partial charge in [0.25, 0.3) is 0 Å². The van der Waals surface area contributed by atoms with Crippen molar-refractivity contribution in [2.45, 2.75) is 32.7 Å². The molecule has 0 atom stereocenters. The van der Waals surface area contributed by atoms with Crippen LogP contribution in [0.3, 0.4) is 0 Å². The van der Waals surface area contributed by atoms with Crippen molar-refractivity contribution in [3.63, 3.8) is 0 Å². The molecule has 1 heterocycles. The van der Waals surface area contributed by atoms with E-state index < -0.39 is 5.97 Å². The fourth-order valence-electron chi connectivity index (χ4n) is 1.30. The van der Waals surface area contributed by atoms with Crippen LogP contribution in [0.1, 0.15) is 37.0 Å². The smallest absolute Gasteiger partial charge is 0.354 e. The summed E-state index contributed by atoms with van der Waals surface area (Å²) >= 11 is 0. The second-order valence-corrected chi connectivity index (χ2v) is 4.69. The van der Waals surface area contributed by atoms with Crippen LogP contribution >= 0.6 is 0 Å². The molecule has 0 saturated heterocycles. The molecule has 1 aromatic heterocycles. The van der Waals surface area contributed by atoms with Gasteiger partial charge in [0.15, 0.2) is 0 Å². The zero-order chi connectivity index (χ0) is 12.3. The summed E-state index contributed by atoms with van der Waals surface area (Å²) in [6.45, 7) is 6.91. The predicted molar refractivity (Wildman–Crippen MR) is 59.8 cm³/mol. The van der Waals surface area contributed by atoms with E-state index in [1.54, 1.807) is 13.2 Å². The lowest BCUT2D eigenvalue weighted by atomic mass is 9.92.